The predicted molar refractivity (Wildman–Crippen MR) is 123 cm³/mol. The minimum absolute atomic E-state index is 0.624. The number of piperidine rings is 1. The van der Waals surface area contributed by atoms with Gasteiger partial charge in [-0.05, 0) is 31.0 Å². The van der Waals surface area contributed by atoms with Crippen molar-refractivity contribution in [3.8, 4) is 28.4 Å². The lowest BCUT2D eigenvalue weighted by Gasteiger charge is -2.40. The van der Waals surface area contributed by atoms with Crippen LogP contribution in [-0.2, 0) is 4.74 Å². The summed E-state index contributed by atoms with van der Waals surface area (Å²) in [5, 5.41) is 0. The van der Waals surface area contributed by atoms with Crippen molar-refractivity contribution in [3.63, 3.8) is 0 Å². The Morgan fingerprint density at radius 3 is 2.44 bits per heavy atom. The molecule has 0 aromatic carbocycles. The van der Waals surface area contributed by atoms with Crippen LogP contribution in [0.4, 0.5) is 5.82 Å². The molecule has 5 heterocycles. The number of nitrogens with zero attached hydrogens (tertiary/aromatic N) is 6. The van der Waals surface area contributed by atoms with Gasteiger partial charge in [0.25, 0.3) is 0 Å². The van der Waals surface area contributed by atoms with E-state index in [0.717, 1.165) is 74.9 Å². The topological polar surface area (TPSA) is 76.5 Å². The average molecular weight is 433 g/mol. The highest BCUT2D eigenvalue weighted by atomic mass is 16.5. The van der Waals surface area contributed by atoms with E-state index in [2.05, 4.69) is 25.8 Å². The summed E-state index contributed by atoms with van der Waals surface area (Å²) in [5.74, 6) is 2.35. The molecule has 3 aromatic rings. The van der Waals surface area contributed by atoms with Gasteiger partial charge in [0, 0.05) is 68.0 Å². The molecule has 8 nitrogen and oxygen atoms in total. The van der Waals surface area contributed by atoms with Crippen LogP contribution in [-0.4, -0.2) is 77.4 Å². The monoisotopic (exact) mass is 432 g/mol. The molecule has 0 atom stereocenters. The SMILES string of the molecule is COc1cncc(-c2cc(N3CCC(N4CCOCC4)CC3)nc(-c3ccncc3)n2)c1. The molecular weight excluding hydrogens is 404 g/mol. The second-order valence-corrected chi connectivity index (χ2v) is 8.15. The van der Waals surface area contributed by atoms with Gasteiger partial charge in [-0.2, -0.15) is 0 Å². The summed E-state index contributed by atoms with van der Waals surface area (Å²) in [7, 11) is 1.65. The minimum Gasteiger partial charge on any atom is -0.495 e. The summed E-state index contributed by atoms with van der Waals surface area (Å²) >= 11 is 0. The van der Waals surface area contributed by atoms with Crippen LogP contribution in [0.1, 0.15) is 12.8 Å². The summed E-state index contributed by atoms with van der Waals surface area (Å²) in [5.41, 5.74) is 2.69. The van der Waals surface area contributed by atoms with Crippen LogP contribution in [0.2, 0.25) is 0 Å². The van der Waals surface area contributed by atoms with Gasteiger partial charge >= 0.3 is 0 Å². The van der Waals surface area contributed by atoms with E-state index in [1.807, 2.05) is 24.4 Å². The van der Waals surface area contributed by atoms with Gasteiger partial charge in [0.1, 0.15) is 11.6 Å². The standard InChI is InChI=1S/C24H28N6O2/c1-31-21-14-19(16-26-17-21)22-15-23(28-24(27-22)18-2-6-25-7-3-18)30-8-4-20(5-9-30)29-10-12-32-13-11-29/h2-3,6-7,14-17,20H,4-5,8-13H2,1H3. The average Bonchev–Trinajstić information content (AvgIpc) is 2.89. The summed E-state index contributed by atoms with van der Waals surface area (Å²) < 4.78 is 10.9. The fourth-order valence-electron chi connectivity index (χ4n) is 4.45. The van der Waals surface area contributed by atoms with Crippen molar-refractivity contribution < 1.29 is 9.47 Å². The molecule has 166 valence electrons. The number of methoxy groups -OCH3 is 1. The van der Waals surface area contributed by atoms with Crippen molar-refractivity contribution in [2.24, 2.45) is 0 Å². The molecule has 0 saturated carbocycles. The second-order valence-electron chi connectivity index (χ2n) is 8.15. The Balaban J connectivity index is 1.44. The number of rotatable bonds is 5. The van der Waals surface area contributed by atoms with E-state index >= 15 is 0 Å². The Morgan fingerprint density at radius 1 is 0.906 bits per heavy atom. The highest BCUT2D eigenvalue weighted by Crippen LogP contribution is 2.29. The zero-order valence-electron chi connectivity index (χ0n) is 18.4. The first-order valence-electron chi connectivity index (χ1n) is 11.2. The van der Waals surface area contributed by atoms with Gasteiger partial charge in [-0.1, -0.05) is 0 Å². The first-order valence-corrected chi connectivity index (χ1v) is 11.2. The van der Waals surface area contributed by atoms with Crippen molar-refractivity contribution in [1.82, 2.24) is 24.8 Å². The van der Waals surface area contributed by atoms with Crippen molar-refractivity contribution in [1.29, 1.82) is 0 Å². The van der Waals surface area contributed by atoms with Crippen LogP contribution in [0.3, 0.4) is 0 Å². The third kappa shape index (κ3) is 4.56. The van der Waals surface area contributed by atoms with Gasteiger partial charge in [0.05, 0.1) is 32.2 Å². The van der Waals surface area contributed by atoms with Gasteiger partial charge in [-0.15, -0.1) is 0 Å². The molecule has 2 aliphatic rings. The maximum Gasteiger partial charge on any atom is 0.162 e. The maximum absolute atomic E-state index is 5.52. The largest absolute Gasteiger partial charge is 0.495 e. The van der Waals surface area contributed by atoms with Gasteiger partial charge in [0.2, 0.25) is 0 Å². The number of anilines is 1. The van der Waals surface area contributed by atoms with E-state index in [4.69, 9.17) is 19.4 Å². The lowest BCUT2D eigenvalue weighted by Crippen LogP contribution is -2.49. The smallest absolute Gasteiger partial charge is 0.162 e. The molecule has 32 heavy (non-hydrogen) atoms. The Bertz CT molecular complexity index is 1030. The molecule has 2 saturated heterocycles. The molecule has 5 rings (SSSR count). The normalized spacial score (nSPS) is 18.0. The predicted octanol–water partition coefficient (Wildman–Crippen LogP) is 2.91. The highest BCUT2D eigenvalue weighted by Gasteiger charge is 2.27. The first kappa shape index (κ1) is 20.8. The highest BCUT2D eigenvalue weighted by molar-refractivity contribution is 5.68. The number of hydrogen-bond donors (Lipinski definition) is 0. The minimum atomic E-state index is 0.624. The molecule has 0 N–H and O–H groups in total. The van der Waals surface area contributed by atoms with E-state index in [1.54, 1.807) is 25.7 Å². The molecular formula is C24H28N6O2. The van der Waals surface area contributed by atoms with E-state index in [9.17, 15) is 0 Å². The molecule has 0 amide bonds. The van der Waals surface area contributed by atoms with Crippen LogP contribution in [0.5, 0.6) is 5.75 Å². The van der Waals surface area contributed by atoms with Crippen LogP contribution in [0, 0.1) is 0 Å². The zero-order valence-corrected chi connectivity index (χ0v) is 18.4. The Hall–Kier alpha value is -3.10. The molecule has 0 radical (unpaired) electrons. The van der Waals surface area contributed by atoms with Crippen molar-refractivity contribution in [3.05, 3.63) is 49.1 Å². The van der Waals surface area contributed by atoms with Gasteiger partial charge < -0.3 is 14.4 Å². The van der Waals surface area contributed by atoms with E-state index in [-0.39, 0.29) is 0 Å². The number of pyridine rings is 2. The van der Waals surface area contributed by atoms with E-state index in [1.165, 1.54) is 0 Å². The number of ether oxygens (including phenoxy) is 2. The van der Waals surface area contributed by atoms with Crippen LogP contribution >= 0.6 is 0 Å². The van der Waals surface area contributed by atoms with Crippen molar-refractivity contribution in [2.45, 2.75) is 18.9 Å². The molecule has 2 fully saturated rings. The number of aromatic nitrogens is 4. The second kappa shape index (κ2) is 9.58. The molecule has 0 unspecified atom stereocenters. The Morgan fingerprint density at radius 2 is 1.69 bits per heavy atom. The summed E-state index contributed by atoms with van der Waals surface area (Å²) in [4.78, 5) is 23.2. The summed E-state index contributed by atoms with van der Waals surface area (Å²) in [6.07, 6.45) is 9.31. The van der Waals surface area contributed by atoms with Crippen LogP contribution in [0.15, 0.2) is 49.1 Å². The van der Waals surface area contributed by atoms with Crippen molar-refractivity contribution >= 4 is 5.82 Å². The zero-order chi connectivity index (χ0) is 21.8. The number of hydrogen-bond acceptors (Lipinski definition) is 8. The third-order valence-electron chi connectivity index (χ3n) is 6.25. The number of morpholine rings is 1. The van der Waals surface area contributed by atoms with E-state index < -0.39 is 0 Å². The fraction of sp³-hybridized carbons (Fsp3) is 0.417. The third-order valence-corrected chi connectivity index (χ3v) is 6.25. The van der Waals surface area contributed by atoms with Gasteiger partial charge in [0.15, 0.2) is 5.82 Å². The summed E-state index contributed by atoms with van der Waals surface area (Å²) in [6.45, 7) is 5.72. The Labute approximate surface area is 188 Å². The quantitative estimate of drug-likeness (QED) is 0.609. The molecule has 0 aliphatic carbocycles. The molecule has 8 heteroatoms. The van der Waals surface area contributed by atoms with Crippen molar-refractivity contribution in [2.75, 3.05) is 51.4 Å². The fourth-order valence-corrected chi connectivity index (χ4v) is 4.45. The lowest BCUT2D eigenvalue weighted by atomic mass is 10.0. The molecule has 2 aliphatic heterocycles. The maximum atomic E-state index is 5.52. The van der Waals surface area contributed by atoms with Gasteiger partial charge in [-0.25, -0.2) is 9.97 Å². The summed E-state index contributed by atoms with van der Waals surface area (Å²) in [6, 6.07) is 8.53. The van der Waals surface area contributed by atoms with Crippen LogP contribution in [0.25, 0.3) is 22.6 Å². The van der Waals surface area contributed by atoms with E-state index in [0.29, 0.717) is 17.6 Å². The first-order chi connectivity index (χ1) is 15.8. The lowest BCUT2D eigenvalue weighted by molar-refractivity contribution is 0.0115. The van der Waals surface area contributed by atoms with Crippen LogP contribution < -0.4 is 9.64 Å². The Kier molecular flexibility index (Phi) is 6.22. The van der Waals surface area contributed by atoms with Gasteiger partial charge in [-0.3, -0.25) is 14.9 Å². The molecule has 0 spiro atoms. The molecule has 3 aromatic heterocycles. The molecule has 0 bridgehead atoms.